The number of alkyl halides is 3. The van der Waals surface area contributed by atoms with Crippen LogP contribution in [0.2, 0.25) is 0 Å². The van der Waals surface area contributed by atoms with Gasteiger partial charge in [0.15, 0.2) is 0 Å². The van der Waals surface area contributed by atoms with Crippen LogP contribution in [-0.2, 0) is 16.6 Å². The lowest BCUT2D eigenvalue weighted by Gasteiger charge is -2.36. The maximum Gasteiger partial charge on any atom is 0.573 e. The van der Waals surface area contributed by atoms with Crippen LogP contribution in [0.15, 0.2) is 47.4 Å². The molecule has 0 spiro atoms. The highest BCUT2D eigenvalue weighted by atomic mass is 32.2. The zero-order valence-electron chi connectivity index (χ0n) is 17.6. The molecule has 0 amide bonds. The number of sulfonamides is 1. The predicted molar refractivity (Wildman–Crippen MR) is 111 cm³/mol. The lowest BCUT2D eigenvalue weighted by atomic mass is 9.93. The second kappa shape index (κ2) is 8.08. The highest BCUT2D eigenvalue weighted by molar-refractivity contribution is 7.89. The number of benzene rings is 1. The van der Waals surface area contributed by atoms with E-state index < -0.39 is 27.7 Å². The van der Waals surface area contributed by atoms with Gasteiger partial charge in [-0.25, -0.2) is 13.4 Å². The molecule has 1 fully saturated rings. The fourth-order valence-corrected chi connectivity index (χ4v) is 5.24. The van der Waals surface area contributed by atoms with E-state index in [4.69, 9.17) is 4.74 Å². The first-order valence-corrected chi connectivity index (χ1v) is 11.6. The minimum Gasteiger partial charge on any atom is -0.482 e. The number of nitrogens with zero attached hydrogens (tertiary/aromatic N) is 2. The Kier molecular flexibility index (Phi) is 5.70. The van der Waals surface area contributed by atoms with Crippen molar-refractivity contribution >= 4 is 16.1 Å². The molecule has 2 aromatic rings. The van der Waals surface area contributed by atoms with Gasteiger partial charge in [-0.05, 0) is 75.2 Å². The number of hydrogen-bond donors (Lipinski definition) is 0. The van der Waals surface area contributed by atoms with Crippen LogP contribution in [0, 0.1) is 0 Å². The molecule has 1 aromatic carbocycles. The average Bonchev–Trinajstić information content (AvgIpc) is 2.65. The van der Waals surface area contributed by atoms with Crippen LogP contribution in [-0.4, -0.2) is 35.7 Å². The standard InChI is InChI=1S/C22H23F3N2O4S/c1-21(2)13-12-19-20(31-21)11-6-15(26-19)14-27(16-4-3-5-16)32(28,29)18-9-7-17(8-10-18)30-22(23,24)25/h6-13,16H,3-5,14H2,1-2H3. The van der Waals surface area contributed by atoms with E-state index >= 15 is 0 Å². The fourth-order valence-electron chi connectivity index (χ4n) is 3.59. The Labute approximate surface area is 184 Å². The van der Waals surface area contributed by atoms with E-state index in [2.05, 4.69) is 9.72 Å². The van der Waals surface area contributed by atoms with Gasteiger partial charge in [-0.1, -0.05) is 6.42 Å². The number of aromatic nitrogens is 1. The van der Waals surface area contributed by atoms with Gasteiger partial charge in [-0.2, -0.15) is 4.31 Å². The molecule has 0 N–H and O–H groups in total. The van der Waals surface area contributed by atoms with Crippen molar-refractivity contribution in [3.8, 4) is 11.5 Å². The molecule has 4 rings (SSSR count). The second-order valence-electron chi connectivity index (χ2n) is 8.38. The van der Waals surface area contributed by atoms with Gasteiger partial charge in [0, 0.05) is 6.04 Å². The number of ether oxygens (including phenoxy) is 2. The van der Waals surface area contributed by atoms with Gasteiger partial charge in [-0.15, -0.1) is 13.2 Å². The molecule has 1 saturated carbocycles. The Morgan fingerprint density at radius 1 is 1.16 bits per heavy atom. The summed E-state index contributed by atoms with van der Waals surface area (Å²) in [5, 5.41) is 0. The summed E-state index contributed by atoms with van der Waals surface area (Å²) in [7, 11) is -3.95. The third kappa shape index (κ3) is 4.91. The third-order valence-electron chi connectivity index (χ3n) is 5.42. The van der Waals surface area contributed by atoms with Gasteiger partial charge < -0.3 is 9.47 Å². The minimum atomic E-state index is -4.84. The fraction of sp³-hybridized carbons (Fsp3) is 0.409. The Bertz CT molecular complexity index is 1120. The average molecular weight is 468 g/mol. The van der Waals surface area contributed by atoms with Gasteiger partial charge in [0.05, 0.1) is 17.1 Å². The van der Waals surface area contributed by atoms with Crippen molar-refractivity contribution in [3.05, 3.63) is 53.9 Å². The number of halogens is 3. The van der Waals surface area contributed by atoms with Gasteiger partial charge in [0.1, 0.15) is 22.8 Å². The summed E-state index contributed by atoms with van der Waals surface area (Å²) in [6.45, 7) is 3.91. The minimum absolute atomic E-state index is 0.0539. The third-order valence-corrected chi connectivity index (χ3v) is 7.34. The first-order valence-electron chi connectivity index (χ1n) is 10.2. The van der Waals surface area contributed by atoms with Crippen LogP contribution in [0.5, 0.6) is 11.5 Å². The van der Waals surface area contributed by atoms with E-state index in [0.717, 1.165) is 43.5 Å². The topological polar surface area (TPSA) is 68.7 Å². The Hall–Kier alpha value is -2.59. The molecule has 1 aliphatic heterocycles. The summed E-state index contributed by atoms with van der Waals surface area (Å²) in [5.41, 5.74) is 0.741. The van der Waals surface area contributed by atoms with Crippen molar-refractivity contribution in [1.29, 1.82) is 0 Å². The summed E-state index contributed by atoms with van der Waals surface area (Å²) in [6.07, 6.45) is 1.25. The lowest BCUT2D eigenvalue weighted by Crippen LogP contribution is -2.43. The van der Waals surface area contributed by atoms with Crippen LogP contribution in [0.4, 0.5) is 13.2 Å². The number of hydrogen-bond acceptors (Lipinski definition) is 5. The molecule has 10 heteroatoms. The van der Waals surface area contributed by atoms with Crippen molar-refractivity contribution < 1.29 is 31.1 Å². The van der Waals surface area contributed by atoms with E-state index in [1.165, 1.54) is 4.31 Å². The smallest absolute Gasteiger partial charge is 0.482 e. The van der Waals surface area contributed by atoms with Crippen molar-refractivity contribution in [2.24, 2.45) is 0 Å². The Balaban J connectivity index is 1.59. The van der Waals surface area contributed by atoms with Crippen molar-refractivity contribution in [2.45, 2.75) is 62.6 Å². The number of rotatable bonds is 6. The van der Waals surface area contributed by atoms with Crippen molar-refractivity contribution in [2.75, 3.05) is 0 Å². The molecule has 0 unspecified atom stereocenters. The quantitative estimate of drug-likeness (QED) is 0.603. The number of fused-ring (bicyclic) bond motifs is 1. The van der Waals surface area contributed by atoms with Crippen LogP contribution < -0.4 is 9.47 Å². The molecule has 172 valence electrons. The van der Waals surface area contributed by atoms with Gasteiger partial charge in [0.2, 0.25) is 10.0 Å². The van der Waals surface area contributed by atoms with Crippen LogP contribution in [0.1, 0.15) is 44.5 Å². The molecule has 0 radical (unpaired) electrons. The summed E-state index contributed by atoms with van der Waals surface area (Å²) in [4.78, 5) is 4.46. The van der Waals surface area contributed by atoms with Crippen LogP contribution in [0.25, 0.3) is 6.08 Å². The molecule has 32 heavy (non-hydrogen) atoms. The normalized spacial score (nSPS) is 18.1. The first-order chi connectivity index (χ1) is 14.9. The zero-order valence-corrected chi connectivity index (χ0v) is 18.4. The largest absolute Gasteiger partial charge is 0.573 e. The van der Waals surface area contributed by atoms with Crippen LogP contribution in [0.3, 0.4) is 0 Å². The van der Waals surface area contributed by atoms with E-state index in [1.807, 2.05) is 26.0 Å². The summed E-state index contributed by atoms with van der Waals surface area (Å²) < 4.78 is 75.0. The summed E-state index contributed by atoms with van der Waals surface area (Å²) in [5.74, 6) is 0.150. The molecular formula is C22H23F3N2O4S. The number of pyridine rings is 1. The van der Waals surface area contributed by atoms with Crippen molar-refractivity contribution in [1.82, 2.24) is 9.29 Å². The Morgan fingerprint density at radius 3 is 2.44 bits per heavy atom. The second-order valence-corrected chi connectivity index (χ2v) is 10.3. The Morgan fingerprint density at radius 2 is 1.84 bits per heavy atom. The lowest BCUT2D eigenvalue weighted by molar-refractivity contribution is -0.274. The highest BCUT2D eigenvalue weighted by Crippen LogP contribution is 2.34. The summed E-state index contributed by atoms with van der Waals surface area (Å²) >= 11 is 0. The van der Waals surface area contributed by atoms with E-state index in [0.29, 0.717) is 17.1 Å². The van der Waals surface area contributed by atoms with Gasteiger partial charge in [0.25, 0.3) is 0 Å². The van der Waals surface area contributed by atoms with E-state index in [1.54, 1.807) is 12.1 Å². The summed E-state index contributed by atoms with van der Waals surface area (Å²) in [6, 6.07) is 7.57. The SMILES string of the molecule is CC1(C)C=Cc2nc(CN(C3CCC3)S(=O)(=O)c3ccc(OC(F)(F)F)cc3)ccc2O1. The molecule has 0 atom stereocenters. The molecule has 0 saturated heterocycles. The highest BCUT2D eigenvalue weighted by Gasteiger charge is 2.36. The van der Waals surface area contributed by atoms with E-state index in [9.17, 15) is 21.6 Å². The van der Waals surface area contributed by atoms with E-state index in [-0.39, 0.29) is 17.5 Å². The maximum absolute atomic E-state index is 13.3. The predicted octanol–water partition coefficient (Wildman–Crippen LogP) is 4.91. The van der Waals surface area contributed by atoms with Crippen molar-refractivity contribution in [3.63, 3.8) is 0 Å². The molecule has 1 aliphatic carbocycles. The molecule has 0 bridgehead atoms. The van der Waals surface area contributed by atoms with Gasteiger partial charge in [-0.3, -0.25) is 0 Å². The monoisotopic (exact) mass is 468 g/mol. The van der Waals surface area contributed by atoms with Gasteiger partial charge >= 0.3 is 6.36 Å². The van der Waals surface area contributed by atoms with Crippen LogP contribution >= 0.6 is 0 Å². The molecular weight excluding hydrogens is 445 g/mol. The molecule has 1 aromatic heterocycles. The zero-order chi connectivity index (χ0) is 23.1. The maximum atomic E-state index is 13.3. The first kappa shape index (κ1) is 22.6. The molecule has 6 nitrogen and oxygen atoms in total. The molecule has 2 heterocycles. The molecule has 2 aliphatic rings.